The molecular formula is C6H14LiP. The molecule has 0 radical (unpaired) electrons. The maximum absolute atomic E-state index is 2.24. The van der Waals surface area contributed by atoms with Crippen molar-refractivity contribution in [2.24, 2.45) is 0 Å². The number of unbranched alkanes of at least 4 members (excludes halogenated alkanes) is 2. The zero-order valence-corrected chi connectivity index (χ0v) is 7.17. The van der Waals surface area contributed by atoms with Crippen LogP contribution in [0.5, 0.6) is 0 Å². The predicted molar refractivity (Wildman–Crippen MR) is 37.2 cm³/mol. The van der Waals surface area contributed by atoms with Gasteiger partial charge in [0.05, 0.1) is 0 Å². The third kappa shape index (κ3) is 10.1. The van der Waals surface area contributed by atoms with Crippen LogP contribution in [-0.4, -0.2) is 12.8 Å². The van der Waals surface area contributed by atoms with E-state index < -0.39 is 0 Å². The third-order valence-corrected chi connectivity index (χ3v) is 1.75. The molecular weight excluding hydrogens is 110 g/mol. The van der Waals surface area contributed by atoms with Crippen LogP contribution in [0.4, 0.5) is 0 Å². The molecule has 0 amide bonds. The molecule has 0 aromatic rings. The quantitative estimate of drug-likeness (QED) is 0.275. The number of hydrogen-bond acceptors (Lipinski definition) is 0. The summed E-state index contributed by atoms with van der Waals surface area (Å²) in [6.07, 6.45) is 5.60. The van der Waals surface area contributed by atoms with Crippen molar-refractivity contribution in [3.63, 3.8) is 0 Å². The molecule has 0 aromatic carbocycles. The average molecular weight is 124 g/mol. The summed E-state index contributed by atoms with van der Waals surface area (Å²) in [5.74, 6) is 0. The minimum atomic E-state index is 0. The van der Waals surface area contributed by atoms with E-state index in [2.05, 4.69) is 13.6 Å². The van der Waals surface area contributed by atoms with Crippen LogP contribution in [0, 0.1) is 0 Å². The molecule has 0 nitrogen and oxygen atoms in total. The maximum Gasteiger partial charge on any atom is 1.00 e. The predicted octanol–water partition coefficient (Wildman–Crippen LogP) is -0.243. The van der Waals surface area contributed by atoms with E-state index in [4.69, 9.17) is 0 Å². The Kier molecular flexibility index (Phi) is 16.1. The SMILES string of the molecule is CCCCC[P-]C.[Li+]. The van der Waals surface area contributed by atoms with E-state index in [1.165, 1.54) is 25.4 Å². The Labute approximate surface area is 66.8 Å². The zero-order chi connectivity index (χ0) is 5.54. The van der Waals surface area contributed by atoms with Crippen molar-refractivity contribution in [3.8, 4) is 0 Å². The Balaban J connectivity index is 0. The van der Waals surface area contributed by atoms with Crippen LogP contribution in [0.15, 0.2) is 0 Å². The Morgan fingerprint density at radius 1 is 1.25 bits per heavy atom. The van der Waals surface area contributed by atoms with E-state index in [9.17, 15) is 0 Å². The molecule has 0 heterocycles. The van der Waals surface area contributed by atoms with Crippen molar-refractivity contribution in [1.29, 1.82) is 0 Å². The van der Waals surface area contributed by atoms with Crippen molar-refractivity contribution in [1.82, 2.24) is 0 Å². The van der Waals surface area contributed by atoms with Crippen molar-refractivity contribution < 1.29 is 18.9 Å². The average Bonchev–Trinajstić information content (AvgIpc) is 1.69. The van der Waals surface area contributed by atoms with Crippen molar-refractivity contribution in [3.05, 3.63) is 0 Å². The molecule has 0 N–H and O–H groups in total. The maximum atomic E-state index is 2.24. The summed E-state index contributed by atoms with van der Waals surface area (Å²) in [5.41, 5.74) is 0. The van der Waals surface area contributed by atoms with Crippen molar-refractivity contribution in [2.75, 3.05) is 12.8 Å². The first-order chi connectivity index (χ1) is 3.41. The van der Waals surface area contributed by atoms with E-state index in [1.54, 1.807) is 8.58 Å². The molecule has 0 saturated heterocycles. The number of hydrogen-bond donors (Lipinski definition) is 0. The molecule has 0 saturated carbocycles. The third-order valence-electron chi connectivity index (χ3n) is 0.985. The largest absolute Gasteiger partial charge is 1.00 e. The summed E-state index contributed by atoms with van der Waals surface area (Å²) in [4.78, 5) is 0. The minimum Gasteiger partial charge on any atom is -0.543 e. The van der Waals surface area contributed by atoms with E-state index in [1.807, 2.05) is 0 Å². The van der Waals surface area contributed by atoms with Gasteiger partial charge in [-0.15, -0.1) is 0 Å². The zero-order valence-electron chi connectivity index (χ0n) is 6.28. The van der Waals surface area contributed by atoms with Gasteiger partial charge in [0.2, 0.25) is 0 Å². The smallest absolute Gasteiger partial charge is 0.543 e. The second kappa shape index (κ2) is 10.9. The Bertz CT molecular complexity index is 27.7. The monoisotopic (exact) mass is 124 g/mol. The van der Waals surface area contributed by atoms with Gasteiger partial charge in [-0.2, -0.15) is 12.8 Å². The summed E-state index contributed by atoms with van der Waals surface area (Å²) < 4.78 is 0. The number of rotatable bonds is 4. The van der Waals surface area contributed by atoms with Crippen LogP contribution in [0.1, 0.15) is 26.2 Å². The van der Waals surface area contributed by atoms with E-state index in [-0.39, 0.29) is 18.9 Å². The fourth-order valence-corrected chi connectivity index (χ4v) is 1.06. The van der Waals surface area contributed by atoms with Crippen molar-refractivity contribution in [2.45, 2.75) is 26.2 Å². The molecule has 0 aliphatic rings. The van der Waals surface area contributed by atoms with Gasteiger partial charge in [0.1, 0.15) is 0 Å². The van der Waals surface area contributed by atoms with Gasteiger partial charge in [-0.05, 0) is 0 Å². The molecule has 0 aromatic heterocycles. The molecule has 0 aliphatic carbocycles. The molecule has 0 aliphatic heterocycles. The van der Waals surface area contributed by atoms with Gasteiger partial charge in [-0.1, -0.05) is 26.2 Å². The van der Waals surface area contributed by atoms with Crippen LogP contribution in [0.2, 0.25) is 0 Å². The standard InChI is InChI=1S/C6H14P.Li/c1-3-4-5-6-7-2;/h3-6H2,1-2H3;/q-1;+1. The summed E-state index contributed by atoms with van der Waals surface area (Å²) >= 11 is 0. The topological polar surface area (TPSA) is 0 Å². The normalized spacial score (nSPS) is 9.75. The second-order valence-corrected chi connectivity index (χ2v) is 2.83. The molecule has 0 spiro atoms. The van der Waals surface area contributed by atoms with Crippen LogP contribution in [0.3, 0.4) is 0 Å². The van der Waals surface area contributed by atoms with Gasteiger partial charge in [0.15, 0.2) is 0 Å². The second-order valence-electron chi connectivity index (χ2n) is 1.75. The van der Waals surface area contributed by atoms with E-state index in [0.717, 1.165) is 0 Å². The minimum absolute atomic E-state index is 0. The molecule has 0 unspecified atom stereocenters. The molecule has 0 rings (SSSR count). The van der Waals surface area contributed by atoms with E-state index in [0.29, 0.717) is 0 Å². The first-order valence-corrected chi connectivity index (χ1v) is 4.50. The van der Waals surface area contributed by atoms with Gasteiger partial charge in [-0.25, -0.2) is 0 Å². The Morgan fingerprint density at radius 3 is 2.25 bits per heavy atom. The molecule has 44 valence electrons. The van der Waals surface area contributed by atoms with E-state index >= 15 is 0 Å². The van der Waals surface area contributed by atoms with Gasteiger partial charge < -0.3 is 8.58 Å². The molecule has 0 fully saturated rings. The Hall–Kier alpha value is 1.03. The van der Waals surface area contributed by atoms with Gasteiger partial charge in [0.25, 0.3) is 0 Å². The fraction of sp³-hybridized carbons (Fsp3) is 1.00. The summed E-state index contributed by atoms with van der Waals surface area (Å²) in [6, 6.07) is 0. The van der Waals surface area contributed by atoms with Crippen LogP contribution >= 0.6 is 8.58 Å². The molecule has 8 heavy (non-hydrogen) atoms. The summed E-state index contributed by atoms with van der Waals surface area (Å²) in [7, 11) is 1.55. The molecule has 2 heteroatoms. The first kappa shape index (κ1) is 11.8. The van der Waals surface area contributed by atoms with Crippen molar-refractivity contribution >= 4 is 8.58 Å². The van der Waals surface area contributed by atoms with Crippen LogP contribution in [-0.2, 0) is 0 Å². The van der Waals surface area contributed by atoms with Gasteiger partial charge in [0, 0.05) is 0 Å². The van der Waals surface area contributed by atoms with Gasteiger partial charge in [-0.3, -0.25) is 0 Å². The summed E-state index contributed by atoms with van der Waals surface area (Å²) in [5, 5.41) is 0. The van der Waals surface area contributed by atoms with Crippen LogP contribution in [0.25, 0.3) is 0 Å². The molecule has 0 atom stereocenters. The Morgan fingerprint density at radius 2 is 1.88 bits per heavy atom. The summed E-state index contributed by atoms with van der Waals surface area (Å²) in [6.45, 7) is 4.46. The fourth-order valence-electron chi connectivity index (χ4n) is 0.520. The van der Waals surface area contributed by atoms with Crippen LogP contribution < -0.4 is 18.9 Å². The molecule has 0 bridgehead atoms. The first-order valence-electron chi connectivity index (χ1n) is 2.97. The van der Waals surface area contributed by atoms with Gasteiger partial charge >= 0.3 is 18.9 Å².